The Bertz CT molecular complexity index is 581. The monoisotopic (exact) mass is 282 g/mol. The number of piperidine rings is 1. The average Bonchev–Trinajstić information content (AvgIpc) is 2.34. The quantitative estimate of drug-likeness (QED) is 0.847. The summed E-state index contributed by atoms with van der Waals surface area (Å²) in [5, 5.41) is 0. The molecule has 1 aromatic carbocycles. The molecule has 2 N–H and O–H groups in total. The number of hydrogen-bond acceptors (Lipinski definition) is 3. The van der Waals surface area contributed by atoms with E-state index in [2.05, 4.69) is 0 Å². The lowest BCUT2D eigenvalue weighted by Crippen LogP contribution is -2.42. The van der Waals surface area contributed by atoms with Gasteiger partial charge in [0, 0.05) is 12.6 Å². The largest absolute Gasteiger partial charge is 0.398 e. The van der Waals surface area contributed by atoms with E-state index < -0.39 is 10.0 Å². The lowest BCUT2D eigenvalue weighted by atomic mass is 10.1. The molecule has 0 bridgehead atoms. The molecule has 1 aliphatic heterocycles. The molecule has 5 heteroatoms. The van der Waals surface area contributed by atoms with Gasteiger partial charge in [-0.05, 0) is 56.9 Å². The number of nitrogens with zero attached hydrogens (tertiary/aromatic N) is 1. The molecule has 19 heavy (non-hydrogen) atoms. The van der Waals surface area contributed by atoms with Crippen molar-refractivity contribution in [1.29, 1.82) is 0 Å². The smallest absolute Gasteiger partial charge is 0.245 e. The molecule has 1 unspecified atom stereocenters. The van der Waals surface area contributed by atoms with Gasteiger partial charge in [0.05, 0.1) is 5.69 Å². The molecule has 1 aromatic rings. The average molecular weight is 282 g/mol. The summed E-state index contributed by atoms with van der Waals surface area (Å²) in [6.07, 6.45) is 2.94. The maximum atomic E-state index is 12.7. The highest BCUT2D eigenvalue weighted by Gasteiger charge is 2.32. The Morgan fingerprint density at radius 2 is 1.84 bits per heavy atom. The third kappa shape index (κ3) is 2.62. The minimum atomic E-state index is -3.47. The van der Waals surface area contributed by atoms with Crippen molar-refractivity contribution in [2.24, 2.45) is 0 Å². The zero-order chi connectivity index (χ0) is 14.2. The molecule has 0 amide bonds. The minimum absolute atomic E-state index is 0.0553. The van der Waals surface area contributed by atoms with Crippen molar-refractivity contribution in [2.75, 3.05) is 12.3 Å². The second-order valence-electron chi connectivity index (χ2n) is 5.43. The van der Waals surface area contributed by atoms with Crippen LogP contribution in [-0.2, 0) is 10.0 Å². The fourth-order valence-corrected chi connectivity index (χ4v) is 4.47. The van der Waals surface area contributed by atoms with Crippen LogP contribution in [0, 0.1) is 13.8 Å². The van der Waals surface area contributed by atoms with E-state index in [1.165, 1.54) is 0 Å². The molecule has 0 aliphatic carbocycles. The topological polar surface area (TPSA) is 63.4 Å². The van der Waals surface area contributed by atoms with Crippen molar-refractivity contribution in [2.45, 2.75) is 51.0 Å². The van der Waals surface area contributed by atoms with Crippen LogP contribution in [0.5, 0.6) is 0 Å². The Morgan fingerprint density at radius 3 is 2.47 bits per heavy atom. The van der Waals surface area contributed by atoms with E-state index in [-0.39, 0.29) is 10.9 Å². The molecule has 1 atom stereocenters. The first-order chi connectivity index (χ1) is 8.84. The van der Waals surface area contributed by atoms with Crippen molar-refractivity contribution in [1.82, 2.24) is 4.31 Å². The summed E-state index contributed by atoms with van der Waals surface area (Å²) in [4.78, 5) is 0.254. The first-order valence-electron chi connectivity index (χ1n) is 6.72. The number of hydrogen-bond donors (Lipinski definition) is 1. The van der Waals surface area contributed by atoms with Crippen LogP contribution in [0.25, 0.3) is 0 Å². The Labute approximate surface area is 115 Å². The predicted molar refractivity (Wildman–Crippen MR) is 77.5 cm³/mol. The highest BCUT2D eigenvalue weighted by Crippen LogP contribution is 2.29. The molecule has 1 heterocycles. The van der Waals surface area contributed by atoms with Gasteiger partial charge < -0.3 is 5.73 Å². The summed E-state index contributed by atoms with van der Waals surface area (Å²) in [6.45, 7) is 6.41. The molecule has 0 aromatic heterocycles. The van der Waals surface area contributed by atoms with Gasteiger partial charge in [0.15, 0.2) is 0 Å². The number of aryl methyl sites for hydroxylation is 2. The summed E-state index contributed by atoms with van der Waals surface area (Å²) < 4.78 is 27.1. The third-order valence-corrected chi connectivity index (χ3v) is 6.02. The van der Waals surface area contributed by atoms with Crippen molar-refractivity contribution in [3.63, 3.8) is 0 Å². The van der Waals surface area contributed by atoms with Crippen molar-refractivity contribution < 1.29 is 8.42 Å². The van der Waals surface area contributed by atoms with Crippen LogP contribution in [0.3, 0.4) is 0 Å². The van der Waals surface area contributed by atoms with Gasteiger partial charge in [-0.2, -0.15) is 4.31 Å². The molecule has 106 valence electrons. The van der Waals surface area contributed by atoms with Crippen LogP contribution in [0.1, 0.15) is 37.3 Å². The molecule has 2 rings (SSSR count). The molecule has 1 saturated heterocycles. The van der Waals surface area contributed by atoms with Gasteiger partial charge in [-0.3, -0.25) is 0 Å². The number of benzene rings is 1. The molecular weight excluding hydrogens is 260 g/mol. The van der Waals surface area contributed by atoms with E-state index in [0.717, 1.165) is 30.4 Å². The normalized spacial score (nSPS) is 21.5. The maximum absolute atomic E-state index is 12.7. The Morgan fingerprint density at radius 1 is 1.21 bits per heavy atom. The Hall–Kier alpha value is -1.07. The van der Waals surface area contributed by atoms with Crippen molar-refractivity contribution >= 4 is 15.7 Å². The van der Waals surface area contributed by atoms with E-state index in [1.807, 2.05) is 20.8 Å². The predicted octanol–water partition coefficient (Wildman–Crippen LogP) is 2.45. The molecule has 4 nitrogen and oxygen atoms in total. The molecule has 0 saturated carbocycles. The van der Waals surface area contributed by atoms with E-state index in [9.17, 15) is 8.42 Å². The number of rotatable bonds is 2. The first-order valence-corrected chi connectivity index (χ1v) is 8.16. The Balaban J connectivity index is 2.47. The highest BCUT2D eigenvalue weighted by molar-refractivity contribution is 7.89. The summed E-state index contributed by atoms with van der Waals surface area (Å²) in [5.41, 5.74) is 8.24. The number of anilines is 1. The fourth-order valence-electron chi connectivity index (χ4n) is 2.59. The standard InChI is InChI=1S/C14H22N2O2S/c1-10-8-13(15)14(9-11(10)2)19(17,18)16-7-5-4-6-12(16)3/h8-9,12H,4-7,15H2,1-3H3. The van der Waals surface area contributed by atoms with Crippen LogP contribution in [0.15, 0.2) is 17.0 Å². The number of sulfonamides is 1. The molecule has 0 radical (unpaired) electrons. The summed E-state index contributed by atoms with van der Waals surface area (Å²) in [7, 11) is -3.47. The van der Waals surface area contributed by atoms with E-state index in [1.54, 1.807) is 16.4 Å². The van der Waals surface area contributed by atoms with Crippen LogP contribution in [-0.4, -0.2) is 25.3 Å². The molecule has 1 fully saturated rings. The lowest BCUT2D eigenvalue weighted by molar-refractivity contribution is 0.269. The van der Waals surface area contributed by atoms with Crippen LogP contribution in [0.4, 0.5) is 5.69 Å². The number of nitrogens with two attached hydrogens (primary N) is 1. The maximum Gasteiger partial charge on any atom is 0.245 e. The third-order valence-electron chi connectivity index (χ3n) is 3.95. The summed E-state index contributed by atoms with van der Waals surface area (Å²) >= 11 is 0. The van der Waals surface area contributed by atoms with Gasteiger partial charge >= 0.3 is 0 Å². The van der Waals surface area contributed by atoms with Crippen molar-refractivity contribution in [3.8, 4) is 0 Å². The van der Waals surface area contributed by atoms with E-state index >= 15 is 0 Å². The van der Waals surface area contributed by atoms with Gasteiger partial charge in [-0.25, -0.2) is 8.42 Å². The fraction of sp³-hybridized carbons (Fsp3) is 0.571. The van der Waals surface area contributed by atoms with Crippen molar-refractivity contribution in [3.05, 3.63) is 23.3 Å². The van der Waals surface area contributed by atoms with Crippen LogP contribution < -0.4 is 5.73 Å². The first kappa shape index (κ1) is 14.3. The van der Waals surface area contributed by atoms with Crippen LogP contribution in [0.2, 0.25) is 0 Å². The van der Waals surface area contributed by atoms with Gasteiger partial charge in [-0.15, -0.1) is 0 Å². The lowest BCUT2D eigenvalue weighted by Gasteiger charge is -2.32. The zero-order valence-corrected chi connectivity index (χ0v) is 12.6. The van der Waals surface area contributed by atoms with Gasteiger partial charge in [-0.1, -0.05) is 6.42 Å². The van der Waals surface area contributed by atoms with Gasteiger partial charge in [0.1, 0.15) is 4.90 Å². The molecular formula is C14H22N2O2S. The van der Waals surface area contributed by atoms with Gasteiger partial charge in [0.25, 0.3) is 0 Å². The SMILES string of the molecule is Cc1cc(N)c(S(=O)(=O)N2CCCCC2C)cc1C. The molecule has 0 spiro atoms. The Kier molecular flexibility index (Phi) is 3.87. The second kappa shape index (κ2) is 5.13. The van der Waals surface area contributed by atoms with Gasteiger partial charge in [0.2, 0.25) is 10.0 Å². The highest BCUT2D eigenvalue weighted by atomic mass is 32.2. The number of nitrogen functional groups attached to an aromatic ring is 1. The summed E-state index contributed by atoms with van der Waals surface area (Å²) in [6, 6.07) is 3.50. The minimum Gasteiger partial charge on any atom is -0.398 e. The van der Waals surface area contributed by atoms with E-state index in [4.69, 9.17) is 5.73 Å². The van der Waals surface area contributed by atoms with E-state index in [0.29, 0.717) is 12.2 Å². The molecule has 1 aliphatic rings. The second-order valence-corrected chi connectivity index (χ2v) is 7.29. The van der Waals surface area contributed by atoms with Crippen LogP contribution >= 0.6 is 0 Å². The zero-order valence-electron chi connectivity index (χ0n) is 11.8. The summed E-state index contributed by atoms with van der Waals surface area (Å²) in [5.74, 6) is 0.